The summed E-state index contributed by atoms with van der Waals surface area (Å²) in [7, 11) is 0. The van der Waals surface area contributed by atoms with Crippen LogP contribution in [0.4, 0.5) is 0 Å². The predicted octanol–water partition coefficient (Wildman–Crippen LogP) is 4.53. The van der Waals surface area contributed by atoms with Gasteiger partial charge in [-0.2, -0.15) is 0 Å². The van der Waals surface area contributed by atoms with Crippen LogP contribution in [0, 0.1) is 0 Å². The van der Waals surface area contributed by atoms with Crippen molar-refractivity contribution >= 4 is 29.1 Å². The highest BCUT2D eigenvalue weighted by Crippen LogP contribution is 2.28. The van der Waals surface area contributed by atoms with Crippen LogP contribution in [-0.4, -0.2) is 73.3 Å². The molecule has 1 amide bonds. The van der Waals surface area contributed by atoms with E-state index in [2.05, 4.69) is 4.90 Å². The minimum Gasteiger partial charge on any atom is -0.490 e. The van der Waals surface area contributed by atoms with Gasteiger partial charge in [0.1, 0.15) is 17.6 Å². The molecule has 8 heteroatoms. The van der Waals surface area contributed by atoms with E-state index in [0.717, 1.165) is 38.2 Å². The lowest BCUT2D eigenvalue weighted by atomic mass is 10.1. The number of likely N-dealkylation sites (tertiary alicyclic amines) is 1. The molecule has 0 N–H and O–H groups in total. The fourth-order valence-corrected chi connectivity index (χ4v) is 4.57. The topological polar surface area (TPSA) is 51.2 Å². The summed E-state index contributed by atoms with van der Waals surface area (Å²) in [6.45, 7) is 6.18. The van der Waals surface area contributed by atoms with Crippen LogP contribution in [0.1, 0.15) is 19.8 Å². The Labute approximate surface area is 205 Å². The van der Waals surface area contributed by atoms with E-state index >= 15 is 0 Å². The average molecular weight is 493 g/mol. The molecular formula is C25H30Cl2N2O4. The summed E-state index contributed by atoms with van der Waals surface area (Å²) in [5.41, 5.74) is 0. The highest BCUT2D eigenvalue weighted by molar-refractivity contribution is 6.42. The molecule has 2 atom stereocenters. The molecule has 2 aromatic rings. The lowest BCUT2D eigenvalue weighted by molar-refractivity contribution is -0.146. The molecule has 33 heavy (non-hydrogen) atoms. The van der Waals surface area contributed by atoms with E-state index in [0.29, 0.717) is 35.5 Å². The Balaban J connectivity index is 1.22. The van der Waals surface area contributed by atoms with E-state index < -0.39 is 6.10 Å². The molecule has 178 valence electrons. The van der Waals surface area contributed by atoms with Crippen LogP contribution in [0.15, 0.2) is 48.5 Å². The zero-order chi connectivity index (χ0) is 23.2. The molecule has 2 aliphatic rings. The first-order chi connectivity index (χ1) is 16.0. The van der Waals surface area contributed by atoms with E-state index in [9.17, 15) is 4.79 Å². The zero-order valence-corrected chi connectivity index (χ0v) is 20.3. The van der Waals surface area contributed by atoms with Crippen LogP contribution < -0.4 is 9.47 Å². The molecule has 0 aromatic heterocycles. The van der Waals surface area contributed by atoms with E-state index in [-0.39, 0.29) is 18.1 Å². The molecule has 2 aliphatic heterocycles. The number of hydrogen-bond donors (Lipinski definition) is 0. The van der Waals surface area contributed by atoms with Gasteiger partial charge in [0, 0.05) is 38.8 Å². The maximum Gasteiger partial charge on any atom is 0.263 e. The number of nitrogens with zero attached hydrogens (tertiary/aromatic N) is 2. The first kappa shape index (κ1) is 24.1. The van der Waals surface area contributed by atoms with E-state index in [1.165, 1.54) is 0 Å². The highest BCUT2D eigenvalue weighted by Gasteiger charge is 2.30. The summed E-state index contributed by atoms with van der Waals surface area (Å²) in [4.78, 5) is 17.1. The molecule has 6 nitrogen and oxygen atoms in total. The molecule has 0 bridgehead atoms. The first-order valence-corrected chi connectivity index (χ1v) is 12.2. The molecule has 0 spiro atoms. The summed E-state index contributed by atoms with van der Waals surface area (Å²) in [6.07, 6.45) is 1.48. The van der Waals surface area contributed by atoms with E-state index in [1.807, 2.05) is 41.3 Å². The predicted molar refractivity (Wildman–Crippen MR) is 129 cm³/mol. The van der Waals surface area contributed by atoms with Crippen molar-refractivity contribution in [2.45, 2.75) is 38.1 Å². The SMILES string of the molecule is CC(Oc1ccccc1)C(=O)N1CCOC(CN2CCC(Oc3ccc(Cl)c(Cl)c3)CC2)C1. The van der Waals surface area contributed by atoms with Crippen molar-refractivity contribution < 1.29 is 19.0 Å². The Morgan fingerprint density at radius 1 is 1.06 bits per heavy atom. The Morgan fingerprint density at radius 2 is 1.82 bits per heavy atom. The second-order valence-electron chi connectivity index (χ2n) is 8.54. The summed E-state index contributed by atoms with van der Waals surface area (Å²) in [5.74, 6) is 1.45. The number of piperidine rings is 1. The van der Waals surface area contributed by atoms with Crippen molar-refractivity contribution in [3.63, 3.8) is 0 Å². The van der Waals surface area contributed by atoms with Gasteiger partial charge >= 0.3 is 0 Å². The van der Waals surface area contributed by atoms with Gasteiger partial charge in [-0.1, -0.05) is 41.4 Å². The fourth-order valence-electron chi connectivity index (χ4n) is 4.28. The van der Waals surface area contributed by atoms with Crippen molar-refractivity contribution in [2.75, 3.05) is 39.3 Å². The van der Waals surface area contributed by atoms with Crippen LogP contribution in [-0.2, 0) is 9.53 Å². The molecule has 0 radical (unpaired) electrons. The Kier molecular flexibility index (Phi) is 8.36. The van der Waals surface area contributed by atoms with Gasteiger partial charge in [-0.3, -0.25) is 4.79 Å². The van der Waals surface area contributed by atoms with Gasteiger partial charge in [-0.25, -0.2) is 0 Å². The second-order valence-corrected chi connectivity index (χ2v) is 9.36. The number of morpholine rings is 1. The Bertz CT molecular complexity index is 922. The zero-order valence-electron chi connectivity index (χ0n) is 18.8. The number of para-hydroxylation sites is 1. The summed E-state index contributed by atoms with van der Waals surface area (Å²) >= 11 is 12.1. The molecule has 2 heterocycles. The number of carbonyl (C=O) groups excluding carboxylic acids is 1. The Hall–Kier alpha value is -1.99. The van der Waals surface area contributed by atoms with E-state index in [1.54, 1.807) is 19.1 Å². The van der Waals surface area contributed by atoms with Crippen LogP contribution in [0.25, 0.3) is 0 Å². The van der Waals surface area contributed by atoms with Gasteiger partial charge in [0.05, 0.1) is 22.8 Å². The van der Waals surface area contributed by atoms with Gasteiger partial charge < -0.3 is 24.0 Å². The summed E-state index contributed by atoms with van der Waals surface area (Å²) in [5, 5.41) is 1.03. The van der Waals surface area contributed by atoms with Crippen molar-refractivity contribution in [3.05, 3.63) is 58.6 Å². The van der Waals surface area contributed by atoms with Crippen LogP contribution in [0.2, 0.25) is 10.0 Å². The third kappa shape index (κ3) is 6.76. The third-order valence-corrected chi connectivity index (χ3v) is 6.78. The summed E-state index contributed by atoms with van der Waals surface area (Å²) < 4.78 is 17.9. The van der Waals surface area contributed by atoms with Crippen LogP contribution in [0.5, 0.6) is 11.5 Å². The van der Waals surface area contributed by atoms with E-state index in [4.69, 9.17) is 37.4 Å². The lowest BCUT2D eigenvalue weighted by Gasteiger charge is -2.38. The first-order valence-electron chi connectivity index (χ1n) is 11.4. The minimum atomic E-state index is -0.527. The third-order valence-electron chi connectivity index (χ3n) is 6.04. The number of ether oxygens (including phenoxy) is 3. The smallest absolute Gasteiger partial charge is 0.263 e. The van der Waals surface area contributed by atoms with Crippen LogP contribution >= 0.6 is 23.2 Å². The molecule has 2 saturated heterocycles. The molecule has 0 saturated carbocycles. The van der Waals surface area contributed by atoms with Gasteiger partial charge in [0.2, 0.25) is 0 Å². The van der Waals surface area contributed by atoms with Crippen molar-refractivity contribution in [1.29, 1.82) is 0 Å². The van der Waals surface area contributed by atoms with Crippen LogP contribution in [0.3, 0.4) is 0 Å². The maximum atomic E-state index is 12.9. The molecule has 2 unspecified atom stereocenters. The molecule has 2 fully saturated rings. The minimum absolute atomic E-state index is 0.000773. The number of amides is 1. The number of rotatable bonds is 7. The number of hydrogen-bond acceptors (Lipinski definition) is 5. The number of benzene rings is 2. The molecule has 2 aromatic carbocycles. The van der Waals surface area contributed by atoms with Crippen molar-refractivity contribution in [3.8, 4) is 11.5 Å². The fraction of sp³-hybridized carbons (Fsp3) is 0.480. The molecule has 4 rings (SSSR count). The van der Waals surface area contributed by atoms with Gasteiger partial charge in [0.15, 0.2) is 6.10 Å². The lowest BCUT2D eigenvalue weighted by Crippen LogP contribution is -2.53. The Morgan fingerprint density at radius 3 is 2.55 bits per heavy atom. The van der Waals surface area contributed by atoms with Crippen molar-refractivity contribution in [2.24, 2.45) is 0 Å². The van der Waals surface area contributed by atoms with Crippen molar-refractivity contribution in [1.82, 2.24) is 9.80 Å². The highest BCUT2D eigenvalue weighted by atomic mass is 35.5. The largest absolute Gasteiger partial charge is 0.490 e. The number of carbonyl (C=O) groups is 1. The monoisotopic (exact) mass is 492 g/mol. The van der Waals surface area contributed by atoms with Gasteiger partial charge in [-0.05, 0) is 44.0 Å². The normalized spacial score (nSPS) is 20.9. The quantitative estimate of drug-likeness (QED) is 0.568. The average Bonchev–Trinajstić information content (AvgIpc) is 2.83. The molecule has 0 aliphatic carbocycles. The standard InChI is InChI=1S/C25H30Cl2N2O4/c1-18(32-19-5-3-2-4-6-19)25(30)29-13-14-31-22(17-29)16-28-11-9-20(10-12-28)33-21-7-8-23(26)24(27)15-21/h2-8,15,18,20,22H,9-14,16-17H2,1H3. The van der Waals surface area contributed by atoms with Gasteiger partial charge in [-0.15, -0.1) is 0 Å². The maximum absolute atomic E-state index is 12.9. The second kappa shape index (κ2) is 11.4. The molecular weight excluding hydrogens is 463 g/mol. The summed E-state index contributed by atoms with van der Waals surface area (Å²) in [6, 6.07) is 14.8. The van der Waals surface area contributed by atoms with Gasteiger partial charge in [0.25, 0.3) is 5.91 Å². The number of halogens is 2.